The summed E-state index contributed by atoms with van der Waals surface area (Å²) in [4.78, 5) is 30.7. The summed E-state index contributed by atoms with van der Waals surface area (Å²) in [6, 6.07) is 11.2. The molecule has 1 aromatic heterocycles. The molecule has 0 saturated heterocycles. The van der Waals surface area contributed by atoms with Gasteiger partial charge in [-0.15, -0.1) is 0 Å². The van der Waals surface area contributed by atoms with E-state index in [4.69, 9.17) is 16.9 Å². The van der Waals surface area contributed by atoms with E-state index in [9.17, 15) is 18.0 Å². The molecule has 0 aliphatic rings. The van der Waals surface area contributed by atoms with Crippen LogP contribution in [0.1, 0.15) is 45.7 Å². The van der Waals surface area contributed by atoms with Gasteiger partial charge in [-0.25, -0.2) is 13.4 Å². The number of hydrogen-bond acceptors (Lipinski definition) is 8. The van der Waals surface area contributed by atoms with Gasteiger partial charge in [-0.2, -0.15) is 0 Å². The van der Waals surface area contributed by atoms with Gasteiger partial charge in [0.05, 0.1) is 22.5 Å². The molecule has 3 rings (SSSR count). The first-order valence-corrected chi connectivity index (χ1v) is 14.4. The van der Waals surface area contributed by atoms with Crippen LogP contribution in [-0.4, -0.2) is 41.5 Å². The fourth-order valence-corrected chi connectivity index (χ4v) is 5.98. The number of nitrogens with two attached hydrogens (primary N) is 2. The van der Waals surface area contributed by atoms with Crippen molar-refractivity contribution in [2.75, 3.05) is 16.8 Å². The molecule has 0 unspecified atom stereocenters. The highest BCUT2D eigenvalue weighted by atomic mass is 32.2. The third kappa shape index (κ3) is 7.92. The number of amidine groups is 1. The first-order chi connectivity index (χ1) is 18.6. The maximum absolute atomic E-state index is 13.4. The van der Waals surface area contributed by atoms with Crippen LogP contribution in [0.3, 0.4) is 0 Å². The smallest absolute Gasteiger partial charge is 0.294 e. The van der Waals surface area contributed by atoms with Crippen molar-refractivity contribution < 1.29 is 13.2 Å². The molecule has 40 heavy (non-hydrogen) atoms. The number of amides is 1. The Morgan fingerprint density at radius 2 is 1.77 bits per heavy atom. The minimum atomic E-state index is -3.69. The van der Waals surface area contributed by atoms with E-state index in [1.807, 2.05) is 34.6 Å². The average Bonchev–Trinajstić information content (AvgIpc) is 2.83. The van der Waals surface area contributed by atoms with E-state index in [1.165, 1.54) is 22.9 Å². The monoisotopic (exact) mass is 567 g/mol. The van der Waals surface area contributed by atoms with E-state index in [0.717, 1.165) is 5.56 Å². The molecule has 0 atom stereocenters. The third-order valence-electron chi connectivity index (χ3n) is 5.74. The Labute approximate surface area is 234 Å². The van der Waals surface area contributed by atoms with Gasteiger partial charge in [0.2, 0.25) is 5.91 Å². The van der Waals surface area contributed by atoms with Crippen LogP contribution in [0.4, 0.5) is 11.5 Å². The summed E-state index contributed by atoms with van der Waals surface area (Å²) in [6.07, 6.45) is 1.43. The van der Waals surface area contributed by atoms with Gasteiger partial charge >= 0.3 is 0 Å². The third-order valence-corrected chi connectivity index (χ3v) is 7.94. The van der Waals surface area contributed by atoms with Gasteiger partial charge in [0.15, 0.2) is 15.7 Å². The Balaban J connectivity index is 1.99. The lowest BCUT2D eigenvalue weighted by atomic mass is 10.0. The average molecular weight is 568 g/mol. The van der Waals surface area contributed by atoms with Crippen molar-refractivity contribution in [1.82, 2.24) is 14.9 Å². The van der Waals surface area contributed by atoms with Gasteiger partial charge in [-0.05, 0) is 43.0 Å². The molecule has 2 aromatic carbocycles. The second kappa shape index (κ2) is 11.9. The molecule has 1 heterocycles. The molecule has 0 aliphatic heterocycles. The SMILES string of the molecule is CC(C)Nc1ncc(-c2cc(N)cc(S(=O)(=O)CC(C)(C)C)c2)n(CC(=O)NCc2ccc(C(=N)N)cc2)c1=O. The molecule has 0 bridgehead atoms. The number of carbonyl (C=O) groups excluding carboxylic acids is 1. The lowest BCUT2D eigenvalue weighted by Crippen LogP contribution is -2.35. The van der Waals surface area contributed by atoms with Crippen LogP contribution < -0.4 is 27.7 Å². The number of aromatic nitrogens is 2. The first kappa shape index (κ1) is 30.4. The Kier molecular flexibility index (Phi) is 9.03. The van der Waals surface area contributed by atoms with Crippen LogP contribution in [0, 0.1) is 10.8 Å². The fraction of sp³-hybridized carbons (Fsp3) is 0.357. The van der Waals surface area contributed by atoms with E-state index in [2.05, 4.69) is 15.6 Å². The lowest BCUT2D eigenvalue weighted by molar-refractivity contribution is -0.121. The number of sulfone groups is 1. The number of rotatable bonds is 10. The van der Waals surface area contributed by atoms with Gasteiger partial charge in [0, 0.05) is 29.4 Å². The highest BCUT2D eigenvalue weighted by Gasteiger charge is 2.25. The summed E-state index contributed by atoms with van der Waals surface area (Å²) in [5, 5.41) is 13.3. The second-order valence-corrected chi connectivity index (χ2v) is 13.2. The zero-order valence-corrected chi connectivity index (χ0v) is 24.2. The molecule has 7 N–H and O–H groups in total. The molecule has 12 heteroatoms. The molecule has 0 spiro atoms. The highest BCUT2D eigenvalue weighted by molar-refractivity contribution is 7.91. The fourth-order valence-electron chi connectivity index (χ4n) is 4.05. The first-order valence-electron chi connectivity index (χ1n) is 12.8. The van der Waals surface area contributed by atoms with Crippen LogP contribution in [0.5, 0.6) is 0 Å². The summed E-state index contributed by atoms with van der Waals surface area (Å²) in [6.45, 7) is 9.05. The minimum absolute atomic E-state index is 0.0271. The largest absolute Gasteiger partial charge is 0.399 e. The van der Waals surface area contributed by atoms with Gasteiger partial charge in [0.25, 0.3) is 5.56 Å². The second-order valence-electron chi connectivity index (χ2n) is 11.2. The number of nitrogens with one attached hydrogen (secondary N) is 3. The number of nitrogen functional groups attached to an aromatic ring is 2. The van der Waals surface area contributed by atoms with Crippen LogP contribution in [0.2, 0.25) is 0 Å². The number of nitrogens with zero attached hydrogens (tertiary/aromatic N) is 2. The summed E-state index contributed by atoms with van der Waals surface area (Å²) in [5.74, 6) is -0.524. The normalized spacial score (nSPS) is 11.8. The van der Waals surface area contributed by atoms with E-state index >= 15 is 0 Å². The van der Waals surface area contributed by atoms with Crippen molar-refractivity contribution in [1.29, 1.82) is 5.41 Å². The summed E-state index contributed by atoms with van der Waals surface area (Å²) >= 11 is 0. The molecular weight excluding hydrogens is 530 g/mol. The Morgan fingerprint density at radius 3 is 2.35 bits per heavy atom. The van der Waals surface area contributed by atoms with Crippen LogP contribution in [0.15, 0.2) is 58.4 Å². The standard InChI is InChI=1S/C28H37N7O4S/c1-17(2)34-26-27(37)35(15-24(36)32-13-18-6-8-19(9-7-18)25(30)31)23(14-33-26)20-10-21(29)12-22(11-20)40(38,39)16-28(3,4)5/h6-12,14,17H,13,15-16,29H2,1-5H3,(H3,30,31)(H,32,36)(H,33,34). The Hall–Kier alpha value is -4.19. The number of carbonyl (C=O) groups is 1. The summed E-state index contributed by atoms with van der Waals surface area (Å²) in [7, 11) is -3.69. The zero-order valence-electron chi connectivity index (χ0n) is 23.4. The van der Waals surface area contributed by atoms with Crippen LogP contribution in [0.25, 0.3) is 11.3 Å². The summed E-state index contributed by atoms with van der Waals surface area (Å²) in [5.41, 5.74) is 12.7. The number of benzene rings is 2. The minimum Gasteiger partial charge on any atom is -0.399 e. The van der Waals surface area contributed by atoms with E-state index in [-0.39, 0.29) is 52.8 Å². The Bertz CT molecular complexity index is 1570. The van der Waals surface area contributed by atoms with Crippen molar-refractivity contribution in [2.45, 2.75) is 58.6 Å². The van der Waals surface area contributed by atoms with Crippen molar-refractivity contribution in [3.63, 3.8) is 0 Å². The zero-order chi connectivity index (χ0) is 29.8. The van der Waals surface area contributed by atoms with Crippen molar-refractivity contribution in [2.24, 2.45) is 11.1 Å². The molecule has 1 amide bonds. The molecule has 11 nitrogen and oxygen atoms in total. The summed E-state index contributed by atoms with van der Waals surface area (Å²) < 4.78 is 27.5. The predicted octanol–water partition coefficient (Wildman–Crippen LogP) is 2.73. The lowest BCUT2D eigenvalue weighted by Gasteiger charge is -2.19. The van der Waals surface area contributed by atoms with Crippen molar-refractivity contribution in [3.8, 4) is 11.3 Å². The number of hydrogen-bond donors (Lipinski definition) is 5. The van der Waals surface area contributed by atoms with Gasteiger partial charge in [-0.1, -0.05) is 45.0 Å². The molecule has 0 aliphatic carbocycles. The molecule has 0 fully saturated rings. The maximum atomic E-state index is 13.4. The highest BCUT2D eigenvalue weighted by Crippen LogP contribution is 2.29. The van der Waals surface area contributed by atoms with Crippen molar-refractivity contribution in [3.05, 3.63) is 70.1 Å². The molecular formula is C28H37N7O4S. The quantitative estimate of drug-likeness (QED) is 0.140. The molecule has 0 saturated carbocycles. The van der Waals surface area contributed by atoms with E-state index < -0.39 is 26.7 Å². The van der Waals surface area contributed by atoms with E-state index in [0.29, 0.717) is 11.1 Å². The predicted molar refractivity (Wildman–Crippen MR) is 158 cm³/mol. The Morgan fingerprint density at radius 1 is 1.12 bits per heavy atom. The van der Waals surface area contributed by atoms with Crippen LogP contribution >= 0.6 is 0 Å². The van der Waals surface area contributed by atoms with Crippen molar-refractivity contribution >= 4 is 33.1 Å². The topological polar surface area (TPSA) is 186 Å². The van der Waals surface area contributed by atoms with E-state index in [1.54, 1.807) is 30.3 Å². The number of anilines is 2. The molecule has 214 valence electrons. The molecule has 0 radical (unpaired) electrons. The van der Waals surface area contributed by atoms with Crippen LogP contribution in [-0.2, 0) is 27.7 Å². The molecule has 3 aromatic rings. The van der Waals surface area contributed by atoms with Gasteiger partial charge < -0.3 is 22.1 Å². The van der Waals surface area contributed by atoms with Gasteiger partial charge in [0.1, 0.15) is 12.4 Å². The van der Waals surface area contributed by atoms with Gasteiger partial charge in [-0.3, -0.25) is 19.6 Å². The maximum Gasteiger partial charge on any atom is 0.294 e.